The minimum atomic E-state index is -0.671. The van der Waals surface area contributed by atoms with Gasteiger partial charge in [-0.1, -0.05) is 5.21 Å². The summed E-state index contributed by atoms with van der Waals surface area (Å²) in [5.74, 6) is -0.0637. The van der Waals surface area contributed by atoms with Crippen LogP contribution in [0.1, 0.15) is 74.8 Å². The first-order valence-electron chi connectivity index (χ1n) is 10.2. The number of halogens is 1. The van der Waals surface area contributed by atoms with Gasteiger partial charge in [0.2, 0.25) is 0 Å². The first kappa shape index (κ1) is 21.5. The number of amides is 1. The Morgan fingerprint density at radius 2 is 1.93 bits per heavy atom. The zero-order valence-electron chi connectivity index (χ0n) is 16.5. The Morgan fingerprint density at radius 3 is 2.57 bits per heavy atom. The van der Waals surface area contributed by atoms with Crippen LogP contribution in [0.4, 0.5) is 0 Å². The summed E-state index contributed by atoms with van der Waals surface area (Å²) in [7, 11) is 0. The minimum Gasteiger partial charge on any atom is -0.390 e. The highest BCUT2D eigenvalue weighted by atomic mass is 35.5. The summed E-state index contributed by atoms with van der Waals surface area (Å²) in [5, 5.41) is 18.7. The lowest BCUT2D eigenvalue weighted by Gasteiger charge is -2.48. The molecule has 1 spiro atoms. The van der Waals surface area contributed by atoms with Gasteiger partial charge in [0, 0.05) is 25.6 Å². The molecular weight excluding hydrogens is 382 g/mol. The van der Waals surface area contributed by atoms with Gasteiger partial charge in [-0.3, -0.25) is 4.79 Å². The molecule has 1 aromatic heterocycles. The molecule has 1 unspecified atom stereocenters. The summed E-state index contributed by atoms with van der Waals surface area (Å²) in [6.07, 6.45) is 8.57. The topological polar surface area (TPSA) is 106 Å². The Labute approximate surface area is 172 Å². The Hall–Kier alpha value is -1.22. The standard InChI is InChI=1S/C19H31N5O3.ClH/c1-18(26)8-11-27-19(13-18)6-9-23(10-7-19)17(25)16-12-24(22-21-16)15-4-2-14(20)3-5-15;/h12,14-15,26H,2-11,13,20H2,1H3;1H. The molecular formula is C19H32ClN5O3. The summed E-state index contributed by atoms with van der Waals surface area (Å²) in [6, 6.07) is 0.579. The summed E-state index contributed by atoms with van der Waals surface area (Å²) in [4.78, 5) is 14.7. The molecule has 1 saturated carbocycles. The van der Waals surface area contributed by atoms with Crippen LogP contribution < -0.4 is 5.73 Å². The van der Waals surface area contributed by atoms with E-state index in [0.29, 0.717) is 44.3 Å². The normalized spacial score (nSPS) is 32.8. The fourth-order valence-corrected chi connectivity index (χ4v) is 4.84. The van der Waals surface area contributed by atoms with E-state index in [0.717, 1.165) is 38.5 Å². The number of carbonyl (C=O) groups excluding carboxylic acids is 1. The lowest BCUT2D eigenvalue weighted by atomic mass is 9.78. The number of hydrogen-bond acceptors (Lipinski definition) is 6. The van der Waals surface area contributed by atoms with Crippen molar-refractivity contribution in [2.45, 2.75) is 81.6 Å². The SMILES string of the molecule is CC1(O)CCOC2(CCN(C(=O)c3cn(C4CCC(N)CC4)nn3)CC2)C1.Cl. The maximum absolute atomic E-state index is 12.8. The van der Waals surface area contributed by atoms with Crippen molar-refractivity contribution in [3.8, 4) is 0 Å². The van der Waals surface area contributed by atoms with Crippen molar-refractivity contribution in [3.63, 3.8) is 0 Å². The largest absolute Gasteiger partial charge is 0.390 e. The lowest BCUT2D eigenvalue weighted by molar-refractivity contribution is -0.170. The highest BCUT2D eigenvalue weighted by Gasteiger charge is 2.45. The zero-order valence-corrected chi connectivity index (χ0v) is 17.4. The smallest absolute Gasteiger partial charge is 0.276 e. The number of ether oxygens (including phenoxy) is 1. The predicted octanol–water partition coefficient (Wildman–Crippen LogP) is 1.68. The molecule has 2 aliphatic heterocycles. The molecule has 1 atom stereocenters. The van der Waals surface area contributed by atoms with Gasteiger partial charge in [-0.15, -0.1) is 17.5 Å². The van der Waals surface area contributed by atoms with Crippen molar-refractivity contribution < 1.29 is 14.6 Å². The van der Waals surface area contributed by atoms with E-state index in [1.54, 1.807) is 6.20 Å². The van der Waals surface area contributed by atoms with Crippen molar-refractivity contribution in [2.75, 3.05) is 19.7 Å². The van der Waals surface area contributed by atoms with Crippen LogP contribution in [-0.4, -0.2) is 67.8 Å². The van der Waals surface area contributed by atoms with E-state index in [1.165, 1.54) is 0 Å². The number of nitrogens with two attached hydrogens (primary N) is 1. The van der Waals surface area contributed by atoms with E-state index in [4.69, 9.17) is 10.5 Å². The minimum absolute atomic E-state index is 0. The van der Waals surface area contributed by atoms with Crippen molar-refractivity contribution in [2.24, 2.45) is 5.73 Å². The molecule has 2 saturated heterocycles. The molecule has 3 heterocycles. The lowest BCUT2D eigenvalue weighted by Crippen LogP contribution is -2.54. The van der Waals surface area contributed by atoms with Gasteiger partial charge in [-0.25, -0.2) is 4.68 Å². The molecule has 9 heteroatoms. The Balaban J connectivity index is 0.00000225. The number of piperidine rings is 1. The van der Waals surface area contributed by atoms with E-state index >= 15 is 0 Å². The number of rotatable bonds is 2. The van der Waals surface area contributed by atoms with Crippen LogP contribution in [0.25, 0.3) is 0 Å². The van der Waals surface area contributed by atoms with E-state index in [2.05, 4.69) is 10.3 Å². The highest BCUT2D eigenvalue weighted by Crippen LogP contribution is 2.39. The van der Waals surface area contributed by atoms with Crippen LogP contribution in [0.3, 0.4) is 0 Å². The molecule has 28 heavy (non-hydrogen) atoms. The van der Waals surface area contributed by atoms with Crippen LogP contribution in [0.5, 0.6) is 0 Å². The van der Waals surface area contributed by atoms with E-state index in [-0.39, 0.29) is 30.0 Å². The quantitative estimate of drug-likeness (QED) is 0.763. The molecule has 3 aliphatic rings. The van der Waals surface area contributed by atoms with E-state index in [9.17, 15) is 9.90 Å². The van der Waals surface area contributed by atoms with Crippen LogP contribution in [0.15, 0.2) is 6.20 Å². The van der Waals surface area contributed by atoms with Gasteiger partial charge in [-0.05, 0) is 51.9 Å². The molecule has 0 bridgehead atoms. The molecule has 3 fully saturated rings. The molecule has 4 rings (SSSR count). The van der Waals surface area contributed by atoms with E-state index in [1.807, 2.05) is 16.5 Å². The molecule has 1 aliphatic carbocycles. The maximum Gasteiger partial charge on any atom is 0.276 e. The second-order valence-corrected chi connectivity index (χ2v) is 8.90. The monoisotopic (exact) mass is 413 g/mol. The third-order valence-electron chi connectivity index (χ3n) is 6.56. The van der Waals surface area contributed by atoms with Gasteiger partial charge >= 0.3 is 0 Å². The molecule has 8 nitrogen and oxygen atoms in total. The fourth-order valence-electron chi connectivity index (χ4n) is 4.84. The molecule has 1 aromatic rings. The van der Waals surface area contributed by atoms with Crippen molar-refractivity contribution in [1.82, 2.24) is 19.9 Å². The number of nitrogens with zero attached hydrogens (tertiary/aromatic N) is 4. The summed E-state index contributed by atoms with van der Waals surface area (Å²) >= 11 is 0. The Bertz CT molecular complexity index is 679. The van der Waals surface area contributed by atoms with Crippen LogP contribution in [0.2, 0.25) is 0 Å². The molecule has 0 radical (unpaired) electrons. The summed E-state index contributed by atoms with van der Waals surface area (Å²) in [6.45, 7) is 3.71. The summed E-state index contributed by atoms with van der Waals surface area (Å²) < 4.78 is 7.87. The second kappa shape index (κ2) is 8.26. The van der Waals surface area contributed by atoms with Crippen molar-refractivity contribution in [1.29, 1.82) is 0 Å². The molecule has 3 N–H and O–H groups in total. The third kappa shape index (κ3) is 4.50. The van der Waals surface area contributed by atoms with Gasteiger partial charge in [0.15, 0.2) is 5.69 Å². The molecule has 158 valence electrons. The van der Waals surface area contributed by atoms with Gasteiger partial charge in [0.05, 0.1) is 30.0 Å². The summed E-state index contributed by atoms with van der Waals surface area (Å²) in [5.41, 5.74) is 5.42. The third-order valence-corrected chi connectivity index (χ3v) is 6.56. The highest BCUT2D eigenvalue weighted by molar-refractivity contribution is 5.92. The molecule has 0 aromatic carbocycles. The predicted molar refractivity (Wildman–Crippen MR) is 106 cm³/mol. The van der Waals surface area contributed by atoms with Gasteiger partial charge in [-0.2, -0.15) is 0 Å². The van der Waals surface area contributed by atoms with E-state index < -0.39 is 5.60 Å². The van der Waals surface area contributed by atoms with Crippen LogP contribution in [-0.2, 0) is 4.74 Å². The zero-order chi connectivity index (χ0) is 19.1. The number of likely N-dealkylation sites (tertiary alicyclic amines) is 1. The van der Waals surface area contributed by atoms with Gasteiger partial charge in [0.25, 0.3) is 5.91 Å². The number of carbonyl (C=O) groups is 1. The van der Waals surface area contributed by atoms with Crippen LogP contribution >= 0.6 is 12.4 Å². The van der Waals surface area contributed by atoms with Gasteiger partial charge in [0.1, 0.15) is 0 Å². The molecule has 1 amide bonds. The van der Waals surface area contributed by atoms with Crippen molar-refractivity contribution in [3.05, 3.63) is 11.9 Å². The van der Waals surface area contributed by atoms with Crippen molar-refractivity contribution >= 4 is 18.3 Å². The Morgan fingerprint density at radius 1 is 1.25 bits per heavy atom. The average Bonchev–Trinajstić information content (AvgIpc) is 3.11. The fraction of sp³-hybridized carbons (Fsp3) is 0.842. The number of aliphatic hydroxyl groups is 1. The first-order chi connectivity index (χ1) is 12.9. The Kier molecular flexibility index (Phi) is 6.34. The number of aromatic nitrogens is 3. The van der Waals surface area contributed by atoms with Crippen LogP contribution in [0, 0.1) is 0 Å². The number of hydrogen-bond donors (Lipinski definition) is 2. The second-order valence-electron chi connectivity index (χ2n) is 8.90. The average molecular weight is 414 g/mol. The maximum atomic E-state index is 12.8. The first-order valence-corrected chi connectivity index (χ1v) is 10.2. The van der Waals surface area contributed by atoms with Gasteiger partial charge < -0.3 is 20.5 Å².